The van der Waals surface area contributed by atoms with Crippen molar-refractivity contribution in [1.82, 2.24) is 19.5 Å². The number of hydrogen-bond donors (Lipinski definition) is 6. The highest BCUT2D eigenvalue weighted by molar-refractivity contribution is 7.66. The quantitative estimate of drug-likeness (QED) is 0.154. The minimum absolute atomic E-state index is 0.0233. The van der Waals surface area contributed by atoms with Gasteiger partial charge in [0.15, 0.2) is 17.0 Å². The zero-order chi connectivity index (χ0) is 28.3. The molecule has 1 saturated heterocycles. The van der Waals surface area contributed by atoms with Crippen LogP contribution >= 0.6 is 23.5 Å². The smallest absolute Gasteiger partial charge is 0.389 e. The van der Waals surface area contributed by atoms with Gasteiger partial charge in [0.2, 0.25) is 5.95 Å². The molecule has 4 rings (SSSR count). The number of ether oxygens (including phenoxy) is 1. The van der Waals surface area contributed by atoms with Crippen molar-refractivity contribution < 1.29 is 56.3 Å². The first kappa shape index (κ1) is 29.2. The SMILES string of the molecule is C=C[C@]1(C)[C@H](O)[C@@H](COP(=O)(O)OP(=O)(O)OP(=O)(O)O)O[C@H]1n1cnc2c(N(C)C3CC3)nc(N)nc21. The highest BCUT2D eigenvalue weighted by atomic mass is 31.3. The highest BCUT2D eigenvalue weighted by Crippen LogP contribution is 2.66. The van der Waals surface area contributed by atoms with Crippen LogP contribution in [-0.4, -0.2) is 76.1 Å². The minimum Gasteiger partial charge on any atom is -0.389 e. The van der Waals surface area contributed by atoms with E-state index in [1.54, 1.807) is 6.92 Å². The fourth-order valence-electron chi connectivity index (χ4n) is 4.09. The number of imidazole rings is 1. The summed E-state index contributed by atoms with van der Waals surface area (Å²) < 4.78 is 53.9. The average Bonchev–Trinajstić information content (AvgIpc) is 3.50. The topological polar surface area (TPSA) is 262 Å². The van der Waals surface area contributed by atoms with Crippen molar-refractivity contribution in [3.63, 3.8) is 0 Å². The lowest BCUT2D eigenvalue weighted by Crippen LogP contribution is -2.37. The molecule has 2 aliphatic rings. The molecule has 18 nitrogen and oxygen atoms in total. The number of rotatable bonds is 11. The number of phosphoric ester groups is 1. The Labute approximate surface area is 215 Å². The molecule has 2 aromatic rings. The van der Waals surface area contributed by atoms with E-state index in [9.17, 15) is 28.6 Å². The van der Waals surface area contributed by atoms with Gasteiger partial charge in [0.25, 0.3) is 0 Å². The maximum Gasteiger partial charge on any atom is 0.490 e. The molecule has 2 unspecified atom stereocenters. The second kappa shape index (κ2) is 10.0. The largest absolute Gasteiger partial charge is 0.490 e. The maximum atomic E-state index is 12.1. The molecule has 0 bridgehead atoms. The molecule has 21 heteroatoms. The third-order valence-electron chi connectivity index (χ3n) is 6.18. The lowest BCUT2D eigenvalue weighted by atomic mass is 9.82. The number of nitrogens with two attached hydrogens (primary N) is 1. The van der Waals surface area contributed by atoms with Gasteiger partial charge >= 0.3 is 23.5 Å². The molecule has 1 aliphatic carbocycles. The van der Waals surface area contributed by atoms with E-state index in [0.717, 1.165) is 12.8 Å². The number of fused-ring (bicyclic) bond motifs is 1. The summed E-state index contributed by atoms with van der Waals surface area (Å²) in [6, 6.07) is 0.292. The summed E-state index contributed by atoms with van der Waals surface area (Å²) in [6.07, 6.45) is 1.05. The zero-order valence-electron chi connectivity index (χ0n) is 20.0. The molecule has 212 valence electrons. The van der Waals surface area contributed by atoms with Gasteiger partial charge in [-0.25, -0.2) is 18.7 Å². The second-order valence-electron chi connectivity index (χ2n) is 9.00. The summed E-state index contributed by atoms with van der Waals surface area (Å²) >= 11 is 0. The Morgan fingerprint density at radius 1 is 1.24 bits per heavy atom. The van der Waals surface area contributed by atoms with E-state index < -0.39 is 53.9 Å². The maximum absolute atomic E-state index is 12.1. The third-order valence-corrected chi connectivity index (χ3v) is 9.99. The molecule has 0 aromatic carbocycles. The monoisotopic (exact) mass is 600 g/mol. The number of phosphoric acid groups is 3. The van der Waals surface area contributed by atoms with Crippen molar-refractivity contribution in [1.29, 1.82) is 0 Å². The van der Waals surface area contributed by atoms with Crippen molar-refractivity contribution in [3.05, 3.63) is 19.0 Å². The predicted molar refractivity (Wildman–Crippen MR) is 129 cm³/mol. The van der Waals surface area contributed by atoms with Gasteiger partial charge in [-0.1, -0.05) is 6.08 Å². The molecule has 0 radical (unpaired) electrons. The first-order valence-electron chi connectivity index (χ1n) is 10.9. The average molecular weight is 600 g/mol. The van der Waals surface area contributed by atoms with Crippen LogP contribution in [0.2, 0.25) is 0 Å². The van der Waals surface area contributed by atoms with E-state index >= 15 is 0 Å². The summed E-state index contributed by atoms with van der Waals surface area (Å²) in [5, 5.41) is 11.0. The van der Waals surface area contributed by atoms with Crippen molar-refractivity contribution in [2.45, 2.75) is 44.2 Å². The van der Waals surface area contributed by atoms with Gasteiger partial charge in [0.1, 0.15) is 12.3 Å². The van der Waals surface area contributed by atoms with Crippen molar-refractivity contribution in [2.75, 3.05) is 24.3 Å². The highest BCUT2D eigenvalue weighted by Gasteiger charge is 2.53. The second-order valence-corrected chi connectivity index (χ2v) is 13.4. The number of aliphatic hydroxyl groups excluding tert-OH is 1. The third kappa shape index (κ3) is 6.02. The Hall–Kier alpha value is -1.78. The molecule has 1 aliphatic heterocycles. The Kier molecular flexibility index (Phi) is 7.69. The molecular formula is C17H27N6O12P3. The Morgan fingerprint density at radius 3 is 2.47 bits per heavy atom. The van der Waals surface area contributed by atoms with Crippen LogP contribution in [0.5, 0.6) is 0 Å². The van der Waals surface area contributed by atoms with Crippen molar-refractivity contribution >= 4 is 46.4 Å². The van der Waals surface area contributed by atoms with Crippen LogP contribution in [0.1, 0.15) is 26.0 Å². The fraction of sp³-hybridized carbons (Fsp3) is 0.588. The lowest BCUT2D eigenvalue weighted by molar-refractivity contribution is -0.0464. The predicted octanol–water partition coefficient (Wildman–Crippen LogP) is 0.801. The summed E-state index contributed by atoms with van der Waals surface area (Å²) in [5.74, 6) is 0.488. The van der Waals surface area contributed by atoms with E-state index in [1.165, 1.54) is 17.0 Å². The molecule has 6 atom stereocenters. The van der Waals surface area contributed by atoms with Gasteiger partial charge in [0.05, 0.1) is 24.5 Å². The van der Waals surface area contributed by atoms with Gasteiger partial charge < -0.3 is 40.1 Å². The number of hydrogen-bond acceptors (Lipinski definition) is 13. The van der Waals surface area contributed by atoms with Gasteiger partial charge in [0, 0.05) is 13.1 Å². The Bertz CT molecular complexity index is 1380. The van der Waals surface area contributed by atoms with Crippen LogP contribution in [0, 0.1) is 5.41 Å². The summed E-state index contributed by atoms with van der Waals surface area (Å²) in [6.45, 7) is 4.49. The normalized spacial score (nSPS) is 29.2. The van der Waals surface area contributed by atoms with Crippen LogP contribution in [0.25, 0.3) is 11.2 Å². The van der Waals surface area contributed by atoms with Crippen LogP contribution in [-0.2, 0) is 31.6 Å². The molecule has 3 heterocycles. The molecular weight excluding hydrogens is 573 g/mol. The molecule has 0 amide bonds. The van der Waals surface area contributed by atoms with Gasteiger partial charge in [-0.2, -0.15) is 18.6 Å². The van der Waals surface area contributed by atoms with Crippen LogP contribution < -0.4 is 10.6 Å². The number of anilines is 2. The Morgan fingerprint density at radius 2 is 1.89 bits per heavy atom. The van der Waals surface area contributed by atoms with Crippen LogP contribution in [0.4, 0.5) is 11.8 Å². The van der Waals surface area contributed by atoms with Crippen LogP contribution in [0.15, 0.2) is 19.0 Å². The van der Waals surface area contributed by atoms with Gasteiger partial charge in [-0.05, 0) is 19.8 Å². The Balaban J connectivity index is 1.57. The molecule has 2 aromatic heterocycles. The first-order chi connectivity index (χ1) is 17.5. The van der Waals surface area contributed by atoms with Gasteiger partial charge in [-0.3, -0.25) is 9.09 Å². The molecule has 7 N–H and O–H groups in total. The van der Waals surface area contributed by atoms with Crippen molar-refractivity contribution in [3.8, 4) is 0 Å². The first-order valence-corrected chi connectivity index (χ1v) is 15.5. The number of aliphatic hydroxyl groups is 1. The van der Waals surface area contributed by atoms with E-state index in [1.807, 2.05) is 11.9 Å². The van der Waals surface area contributed by atoms with E-state index in [2.05, 4.69) is 34.7 Å². The van der Waals surface area contributed by atoms with Crippen LogP contribution in [0.3, 0.4) is 0 Å². The minimum atomic E-state index is -5.71. The number of nitrogens with zero attached hydrogens (tertiary/aromatic N) is 5. The summed E-state index contributed by atoms with van der Waals surface area (Å²) in [4.78, 5) is 51.3. The number of nitrogen functional groups attached to an aromatic ring is 1. The molecule has 0 spiro atoms. The molecule has 1 saturated carbocycles. The summed E-state index contributed by atoms with van der Waals surface area (Å²) in [5.41, 5.74) is 5.43. The van der Waals surface area contributed by atoms with Crippen molar-refractivity contribution in [2.24, 2.45) is 5.41 Å². The number of aromatic nitrogens is 4. The molecule has 2 fully saturated rings. The summed E-state index contributed by atoms with van der Waals surface area (Å²) in [7, 11) is -14.8. The standard InChI is InChI=1S/C17H27N6O12P3/c1-4-17(2)12(24)10(7-32-37(28,29)35-38(30,31)34-36(25,26)27)33-15(17)23-8-19-11-13(22(3)9-5-6-9)20-16(18)21-14(11)23/h4,8-10,12,15,24H,1,5-7H2,2-3H3,(H,28,29)(H,30,31)(H2,18,20,21)(H2,25,26,27)/t10-,12-,15-,17-/m1/s1. The fourth-order valence-corrected chi connectivity index (χ4v) is 7.12. The molecule has 38 heavy (non-hydrogen) atoms. The van der Waals surface area contributed by atoms with E-state index in [0.29, 0.717) is 23.0 Å². The van der Waals surface area contributed by atoms with E-state index in [4.69, 9.17) is 20.3 Å². The zero-order valence-corrected chi connectivity index (χ0v) is 22.7. The van der Waals surface area contributed by atoms with Gasteiger partial charge in [-0.15, -0.1) is 6.58 Å². The van der Waals surface area contributed by atoms with E-state index in [-0.39, 0.29) is 5.95 Å². The lowest BCUT2D eigenvalue weighted by Gasteiger charge is -2.29.